The van der Waals surface area contributed by atoms with Gasteiger partial charge in [-0.05, 0) is 18.6 Å². The maximum atomic E-state index is 11.9. The molecule has 0 unspecified atom stereocenters. The second kappa shape index (κ2) is 7.60. The summed E-state index contributed by atoms with van der Waals surface area (Å²) in [5.41, 5.74) is 1.22. The molecule has 0 N–H and O–H groups in total. The third-order valence-electron chi connectivity index (χ3n) is 3.36. The van der Waals surface area contributed by atoms with Crippen molar-refractivity contribution in [1.29, 1.82) is 0 Å². The van der Waals surface area contributed by atoms with Crippen molar-refractivity contribution in [1.82, 2.24) is 14.8 Å². The Morgan fingerprint density at radius 3 is 2.75 bits per heavy atom. The summed E-state index contributed by atoms with van der Waals surface area (Å²) in [5.74, 6) is 0.101. The Morgan fingerprint density at radius 1 is 1.30 bits per heavy atom. The van der Waals surface area contributed by atoms with E-state index in [-0.39, 0.29) is 5.91 Å². The second-order valence-corrected chi connectivity index (χ2v) is 4.85. The molecule has 0 bridgehead atoms. The molecule has 1 aromatic rings. The SMILES string of the molecule is C/C=C/C=C/C(=O)N1CCN(Cc2cccnc2)CC1. The van der Waals surface area contributed by atoms with E-state index in [2.05, 4.69) is 16.0 Å². The van der Waals surface area contributed by atoms with Crippen LogP contribution in [0.4, 0.5) is 0 Å². The van der Waals surface area contributed by atoms with Crippen LogP contribution in [0.2, 0.25) is 0 Å². The molecule has 1 aliphatic heterocycles. The molecule has 0 aliphatic carbocycles. The molecule has 1 fully saturated rings. The molecule has 1 aromatic heterocycles. The first kappa shape index (κ1) is 14.5. The van der Waals surface area contributed by atoms with Gasteiger partial charge in [-0.1, -0.05) is 24.3 Å². The van der Waals surface area contributed by atoms with Crippen LogP contribution < -0.4 is 0 Å². The Bertz CT molecular complexity index is 474. The van der Waals surface area contributed by atoms with E-state index < -0.39 is 0 Å². The maximum absolute atomic E-state index is 11.9. The van der Waals surface area contributed by atoms with Gasteiger partial charge in [0.15, 0.2) is 0 Å². The zero-order chi connectivity index (χ0) is 14.2. The van der Waals surface area contributed by atoms with Crippen LogP contribution in [0.3, 0.4) is 0 Å². The summed E-state index contributed by atoms with van der Waals surface area (Å²) in [5, 5.41) is 0. The molecule has 0 aromatic carbocycles. The number of carbonyl (C=O) groups is 1. The topological polar surface area (TPSA) is 36.4 Å². The average molecular weight is 271 g/mol. The second-order valence-electron chi connectivity index (χ2n) is 4.85. The molecule has 0 saturated carbocycles. The molecule has 0 radical (unpaired) electrons. The molecule has 106 valence electrons. The number of amides is 1. The van der Waals surface area contributed by atoms with Gasteiger partial charge in [-0.15, -0.1) is 0 Å². The van der Waals surface area contributed by atoms with Crippen LogP contribution in [0, 0.1) is 0 Å². The van der Waals surface area contributed by atoms with E-state index in [0.717, 1.165) is 32.7 Å². The minimum absolute atomic E-state index is 0.101. The molecule has 1 saturated heterocycles. The number of allylic oxidation sites excluding steroid dienone is 3. The summed E-state index contributed by atoms with van der Waals surface area (Å²) in [6.07, 6.45) is 10.9. The minimum atomic E-state index is 0.101. The van der Waals surface area contributed by atoms with E-state index in [0.29, 0.717) is 0 Å². The summed E-state index contributed by atoms with van der Waals surface area (Å²) in [6.45, 7) is 6.26. The molecular weight excluding hydrogens is 250 g/mol. The Kier molecular flexibility index (Phi) is 5.50. The maximum Gasteiger partial charge on any atom is 0.246 e. The third kappa shape index (κ3) is 4.31. The first-order valence-corrected chi connectivity index (χ1v) is 6.99. The fraction of sp³-hybridized carbons (Fsp3) is 0.375. The van der Waals surface area contributed by atoms with Crippen molar-refractivity contribution in [2.24, 2.45) is 0 Å². The summed E-state index contributed by atoms with van der Waals surface area (Å²) in [7, 11) is 0. The van der Waals surface area contributed by atoms with E-state index in [9.17, 15) is 4.79 Å². The van der Waals surface area contributed by atoms with Crippen molar-refractivity contribution in [3.05, 3.63) is 54.4 Å². The number of nitrogens with zero attached hydrogens (tertiary/aromatic N) is 3. The summed E-state index contributed by atoms with van der Waals surface area (Å²) >= 11 is 0. The largest absolute Gasteiger partial charge is 0.337 e. The lowest BCUT2D eigenvalue weighted by Gasteiger charge is -2.34. The number of carbonyl (C=O) groups excluding carboxylic acids is 1. The van der Waals surface area contributed by atoms with Gasteiger partial charge in [-0.25, -0.2) is 0 Å². The zero-order valence-corrected chi connectivity index (χ0v) is 11.9. The predicted molar refractivity (Wildman–Crippen MR) is 80.0 cm³/mol. The number of hydrogen-bond acceptors (Lipinski definition) is 3. The molecule has 1 aliphatic rings. The van der Waals surface area contributed by atoms with E-state index in [1.54, 1.807) is 18.3 Å². The molecule has 0 atom stereocenters. The number of pyridine rings is 1. The van der Waals surface area contributed by atoms with Crippen LogP contribution in [0.25, 0.3) is 0 Å². The highest BCUT2D eigenvalue weighted by Gasteiger charge is 2.19. The van der Waals surface area contributed by atoms with Crippen LogP contribution in [0.1, 0.15) is 12.5 Å². The minimum Gasteiger partial charge on any atom is -0.337 e. The number of piperazine rings is 1. The lowest BCUT2D eigenvalue weighted by Crippen LogP contribution is -2.47. The standard InChI is InChI=1S/C16H21N3O/c1-2-3-4-7-16(20)19-11-9-18(10-12-19)14-15-6-5-8-17-13-15/h2-8,13H,9-12,14H2,1H3/b3-2+,7-4+. The number of aromatic nitrogens is 1. The van der Waals surface area contributed by atoms with Crippen molar-refractivity contribution in [3.8, 4) is 0 Å². The van der Waals surface area contributed by atoms with Crippen LogP contribution in [0.15, 0.2) is 48.8 Å². The highest BCUT2D eigenvalue weighted by molar-refractivity contribution is 5.87. The predicted octanol–water partition coefficient (Wildman–Crippen LogP) is 1.86. The van der Waals surface area contributed by atoms with Crippen LogP contribution >= 0.6 is 0 Å². The summed E-state index contributed by atoms with van der Waals surface area (Å²) < 4.78 is 0. The molecule has 0 spiro atoms. The Balaban J connectivity index is 1.79. The van der Waals surface area contributed by atoms with E-state index in [1.165, 1.54) is 5.56 Å². The summed E-state index contributed by atoms with van der Waals surface area (Å²) in [6, 6.07) is 4.05. The fourth-order valence-corrected chi connectivity index (χ4v) is 2.23. The lowest BCUT2D eigenvalue weighted by molar-refractivity contribution is -0.127. The zero-order valence-electron chi connectivity index (χ0n) is 11.9. The monoisotopic (exact) mass is 271 g/mol. The van der Waals surface area contributed by atoms with Gasteiger partial charge >= 0.3 is 0 Å². The quantitative estimate of drug-likeness (QED) is 0.619. The number of hydrogen-bond donors (Lipinski definition) is 0. The van der Waals surface area contributed by atoms with E-state index >= 15 is 0 Å². The fourth-order valence-electron chi connectivity index (χ4n) is 2.23. The molecule has 2 heterocycles. The smallest absolute Gasteiger partial charge is 0.246 e. The van der Waals surface area contributed by atoms with Crippen molar-refractivity contribution in [2.45, 2.75) is 13.5 Å². The first-order chi connectivity index (χ1) is 9.79. The van der Waals surface area contributed by atoms with Crippen LogP contribution in [0.5, 0.6) is 0 Å². The van der Waals surface area contributed by atoms with Crippen molar-refractivity contribution < 1.29 is 4.79 Å². The van der Waals surface area contributed by atoms with Gasteiger partial charge in [0, 0.05) is 51.2 Å². The normalized spacial score (nSPS) is 17.1. The Hall–Kier alpha value is -1.94. The van der Waals surface area contributed by atoms with Gasteiger partial charge in [-0.2, -0.15) is 0 Å². The van der Waals surface area contributed by atoms with Crippen molar-refractivity contribution in [3.63, 3.8) is 0 Å². The lowest BCUT2D eigenvalue weighted by atomic mass is 10.2. The Morgan fingerprint density at radius 2 is 2.10 bits per heavy atom. The molecule has 20 heavy (non-hydrogen) atoms. The highest BCUT2D eigenvalue weighted by atomic mass is 16.2. The van der Waals surface area contributed by atoms with Gasteiger partial charge in [0.1, 0.15) is 0 Å². The van der Waals surface area contributed by atoms with Crippen molar-refractivity contribution in [2.75, 3.05) is 26.2 Å². The van der Waals surface area contributed by atoms with Gasteiger partial charge in [0.05, 0.1) is 0 Å². The first-order valence-electron chi connectivity index (χ1n) is 6.99. The average Bonchev–Trinajstić information content (AvgIpc) is 2.49. The molecule has 4 nitrogen and oxygen atoms in total. The molecule has 2 rings (SSSR count). The molecular formula is C16H21N3O. The van der Waals surface area contributed by atoms with E-state index in [4.69, 9.17) is 0 Å². The van der Waals surface area contributed by atoms with Gasteiger partial charge in [-0.3, -0.25) is 14.7 Å². The summed E-state index contributed by atoms with van der Waals surface area (Å²) in [4.78, 5) is 20.3. The molecule has 4 heteroatoms. The van der Waals surface area contributed by atoms with Gasteiger partial charge in [0.2, 0.25) is 5.91 Å². The van der Waals surface area contributed by atoms with E-state index in [1.807, 2.05) is 36.2 Å². The van der Waals surface area contributed by atoms with Crippen LogP contribution in [-0.2, 0) is 11.3 Å². The van der Waals surface area contributed by atoms with Crippen LogP contribution in [-0.4, -0.2) is 46.9 Å². The third-order valence-corrected chi connectivity index (χ3v) is 3.36. The van der Waals surface area contributed by atoms with Gasteiger partial charge in [0.25, 0.3) is 0 Å². The van der Waals surface area contributed by atoms with Crippen molar-refractivity contribution >= 4 is 5.91 Å². The Labute approximate surface area is 120 Å². The molecule has 1 amide bonds. The van der Waals surface area contributed by atoms with Gasteiger partial charge < -0.3 is 4.90 Å². The highest BCUT2D eigenvalue weighted by Crippen LogP contribution is 2.08. The number of rotatable bonds is 4.